The summed E-state index contributed by atoms with van der Waals surface area (Å²) in [5, 5.41) is 12.4. The predicted octanol–water partition coefficient (Wildman–Crippen LogP) is 0.929. The zero-order chi connectivity index (χ0) is 17.9. The van der Waals surface area contributed by atoms with E-state index in [0.717, 1.165) is 29.1 Å². The standard InChI is InChI=1S/C15H20F2N2O4S/c1-24(22,23)19-7-3-2-4-13(19)15(21)18-9-14(20)10-5-6-11(16)12(17)8-10/h5-6,8,13-14,20H,2-4,7,9H2,1H3,(H,18,21)/t13-,14+/m0/s1. The van der Waals surface area contributed by atoms with Gasteiger partial charge >= 0.3 is 0 Å². The summed E-state index contributed by atoms with van der Waals surface area (Å²) in [5.41, 5.74) is 0.123. The van der Waals surface area contributed by atoms with Crippen molar-refractivity contribution in [3.05, 3.63) is 35.4 Å². The summed E-state index contributed by atoms with van der Waals surface area (Å²) in [6.07, 6.45) is 1.65. The van der Waals surface area contributed by atoms with Crippen molar-refractivity contribution >= 4 is 15.9 Å². The molecule has 0 saturated carbocycles. The van der Waals surface area contributed by atoms with Gasteiger partial charge in [-0.05, 0) is 30.5 Å². The summed E-state index contributed by atoms with van der Waals surface area (Å²) >= 11 is 0. The highest BCUT2D eigenvalue weighted by atomic mass is 32.2. The average Bonchev–Trinajstić information content (AvgIpc) is 2.54. The van der Waals surface area contributed by atoms with Gasteiger partial charge in [0.25, 0.3) is 0 Å². The quantitative estimate of drug-likeness (QED) is 0.816. The molecule has 2 rings (SSSR count). The number of hydrogen-bond donors (Lipinski definition) is 2. The smallest absolute Gasteiger partial charge is 0.238 e. The van der Waals surface area contributed by atoms with Gasteiger partial charge in [0, 0.05) is 13.1 Å². The molecule has 1 aliphatic rings. The van der Waals surface area contributed by atoms with Crippen LogP contribution in [-0.2, 0) is 14.8 Å². The number of rotatable bonds is 5. The summed E-state index contributed by atoms with van der Waals surface area (Å²) in [5.74, 6) is -2.63. The molecule has 9 heteroatoms. The number of hydrogen-bond acceptors (Lipinski definition) is 4. The van der Waals surface area contributed by atoms with Gasteiger partial charge in [-0.2, -0.15) is 4.31 Å². The van der Waals surface area contributed by atoms with E-state index in [1.54, 1.807) is 0 Å². The Morgan fingerprint density at radius 2 is 2.08 bits per heavy atom. The van der Waals surface area contributed by atoms with Crippen LogP contribution in [-0.4, -0.2) is 49.1 Å². The third-order valence-corrected chi connectivity index (χ3v) is 5.27. The molecule has 0 unspecified atom stereocenters. The number of halogens is 2. The number of amides is 1. The molecule has 2 atom stereocenters. The van der Waals surface area contributed by atoms with Gasteiger partial charge in [0.15, 0.2) is 11.6 Å². The third kappa shape index (κ3) is 4.49. The number of sulfonamides is 1. The Balaban J connectivity index is 1.99. The molecule has 1 fully saturated rings. The topological polar surface area (TPSA) is 86.7 Å². The molecule has 0 aromatic heterocycles. The normalized spacial score (nSPS) is 20.6. The molecule has 2 N–H and O–H groups in total. The summed E-state index contributed by atoms with van der Waals surface area (Å²) in [7, 11) is -3.50. The fraction of sp³-hybridized carbons (Fsp3) is 0.533. The first-order valence-corrected chi connectivity index (χ1v) is 9.42. The van der Waals surface area contributed by atoms with E-state index in [0.29, 0.717) is 12.8 Å². The minimum Gasteiger partial charge on any atom is -0.387 e. The number of nitrogens with one attached hydrogen (secondary N) is 1. The first-order valence-electron chi connectivity index (χ1n) is 7.57. The lowest BCUT2D eigenvalue weighted by Crippen LogP contribution is -2.52. The number of carbonyl (C=O) groups is 1. The van der Waals surface area contributed by atoms with Gasteiger partial charge < -0.3 is 10.4 Å². The maximum atomic E-state index is 13.2. The van der Waals surface area contributed by atoms with E-state index in [9.17, 15) is 27.1 Å². The number of benzene rings is 1. The average molecular weight is 362 g/mol. The molecule has 6 nitrogen and oxygen atoms in total. The van der Waals surface area contributed by atoms with Gasteiger partial charge in [-0.15, -0.1) is 0 Å². The van der Waals surface area contributed by atoms with E-state index >= 15 is 0 Å². The van der Waals surface area contributed by atoms with Crippen molar-refractivity contribution in [1.29, 1.82) is 0 Å². The Labute approximate surface area is 139 Å². The van der Waals surface area contributed by atoms with Gasteiger partial charge in [0.2, 0.25) is 15.9 Å². The van der Waals surface area contributed by atoms with Crippen molar-refractivity contribution in [2.75, 3.05) is 19.3 Å². The Morgan fingerprint density at radius 3 is 2.71 bits per heavy atom. The minimum absolute atomic E-state index is 0.123. The SMILES string of the molecule is CS(=O)(=O)N1CCCC[C@H]1C(=O)NC[C@@H](O)c1ccc(F)c(F)c1. The van der Waals surface area contributed by atoms with Crippen LogP contribution in [0.4, 0.5) is 8.78 Å². The highest BCUT2D eigenvalue weighted by molar-refractivity contribution is 7.88. The Morgan fingerprint density at radius 1 is 1.38 bits per heavy atom. The van der Waals surface area contributed by atoms with Crippen molar-refractivity contribution in [3.63, 3.8) is 0 Å². The number of aliphatic hydroxyl groups excluding tert-OH is 1. The van der Waals surface area contributed by atoms with Crippen molar-refractivity contribution in [2.24, 2.45) is 0 Å². The fourth-order valence-corrected chi connectivity index (χ4v) is 3.84. The molecule has 134 valence electrons. The van der Waals surface area contributed by atoms with E-state index in [4.69, 9.17) is 0 Å². The van der Waals surface area contributed by atoms with E-state index < -0.39 is 39.7 Å². The maximum Gasteiger partial charge on any atom is 0.238 e. The zero-order valence-corrected chi connectivity index (χ0v) is 14.0. The second-order valence-electron chi connectivity index (χ2n) is 5.82. The van der Waals surface area contributed by atoms with Gasteiger partial charge in [0.05, 0.1) is 12.4 Å². The van der Waals surface area contributed by atoms with E-state index in [-0.39, 0.29) is 18.7 Å². The molecule has 1 aromatic rings. The maximum absolute atomic E-state index is 13.2. The Hall–Kier alpha value is -1.58. The van der Waals surface area contributed by atoms with Gasteiger partial charge in [0.1, 0.15) is 6.04 Å². The Kier molecular flexibility index (Phi) is 5.89. The van der Waals surface area contributed by atoms with Crippen molar-refractivity contribution in [3.8, 4) is 0 Å². The number of nitrogens with zero attached hydrogens (tertiary/aromatic N) is 1. The van der Waals surface area contributed by atoms with Crippen LogP contribution in [0.15, 0.2) is 18.2 Å². The molecular formula is C15H20F2N2O4S. The monoisotopic (exact) mass is 362 g/mol. The fourth-order valence-electron chi connectivity index (χ4n) is 2.72. The van der Waals surface area contributed by atoms with Crippen LogP contribution in [0.3, 0.4) is 0 Å². The lowest BCUT2D eigenvalue weighted by Gasteiger charge is -2.32. The summed E-state index contributed by atoms with van der Waals surface area (Å²) in [6.45, 7) is 0.0562. The second-order valence-corrected chi connectivity index (χ2v) is 7.75. The molecule has 0 bridgehead atoms. The summed E-state index contributed by atoms with van der Waals surface area (Å²) < 4.78 is 50.7. The van der Waals surface area contributed by atoms with Crippen LogP contribution < -0.4 is 5.32 Å². The zero-order valence-electron chi connectivity index (χ0n) is 13.2. The highest BCUT2D eigenvalue weighted by Crippen LogP contribution is 2.20. The lowest BCUT2D eigenvalue weighted by molar-refractivity contribution is -0.126. The van der Waals surface area contributed by atoms with E-state index in [2.05, 4.69) is 5.32 Å². The number of piperidine rings is 1. The number of carbonyl (C=O) groups excluding carboxylic acids is 1. The minimum atomic E-state index is -3.50. The van der Waals surface area contributed by atoms with Gasteiger partial charge in [-0.25, -0.2) is 17.2 Å². The summed E-state index contributed by atoms with van der Waals surface area (Å²) in [4.78, 5) is 12.2. The molecule has 0 aliphatic carbocycles. The molecular weight excluding hydrogens is 342 g/mol. The van der Waals surface area contributed by atoms with Crippen molar-refractivity contribution in [2.45, 2.75) is 31.4 Å². The molecule has 1 aliphatic heterocycles. The molecule has 24 heavy (non-hydrogen) atoms. The molecule has 1 amide bonds. The highest BCUT2D eigenvalue weighted by Gasteiger charge is 2.34. The van der Waals surface area contributed by atoms with E-state index in [1.165, 1.54) is 6.07 Å². The van der Waals surface area contributed by atoms with Crippen LogP contribution in [0.25, 0.3) is 0 Å². The largest absolute Gasteiger partial charge is 0.387 e. The van der Waals surface area contributed by atoms with Crippen LogP contribution in [0.2, 0.25) is 0 Å². The molecule has 1 saturated heterocycles. The molecule has 0 spiro atoms. The second kappa shape index (κ2) is 7.54. The first-order chi connectivity index (χ1) is 11.2. The lowest BCUT2D eigenvalue weighted by atomic mass is 10.0. The van der Waals surface area contributed by atoms with Crippen LogP contribution in [0.5, 0.6) is 0 Å². The van der Waals surface area contributed by atoms with Crippen LogP contribution in [0.1, 0.15) is 30.9 Å². The van der Waals surface area contributed by atoms with Crippen LogP contribution >= 0.6 is 0 Å². The van der Waals surface area contributed by atoms with Gasteiger partial charge in [-0.1, -0.05) is 12.5 Å². The number of aliphatic hydroxyl groups is 1. The van der Waals surface area contributed by atoms with Crippen LogP contribution in [0, 0.1) is 11.6 Å². The Bertz CT molecular complexity index is 711. The molecule has 1 heterocycles. The first kappa shape index (κ1) is 18.8. The van der Waals surface area contributed by atoms with Crippen molar-refractivity contribution < 1.29 is 27.1 Å². The summed E-state index contributed by atoms with van der Waals surface area (Å²) in [6, 6.07) is 2.15. The predicted molar refractivity (Wildman–Crippen MR) is 83.5 cm³/mol. The third-order valence-electron chi connectivity index (χ3n) is 3.98. The van der Waals surface area contributed by atoms with Crippen molar-refractivity contribution in [1.82, 2.24) is 9.62 Å². The van der Waals surface area contributed by atoms with E-state index in [1.807, 2.05) is 0 Å². The molecule has 0 radical (unpaired) electrons. The van der Waals surface area contributed by atoms with Gasteiger partial charge in [-0.3, -0.25) is 4.79 Å². The molecule has 1 aromatic carbocycles.